The summed E-state index contributed by atoms with van der Waals surface area (Å²) in [6, 6.07) is 8.18. The summed E-state index contributed by atoms with van der Waals surface area (Å²) in [6.45, 7) is 8.36. The quantitative estimate of drug-likeness (QED) is 0.806. The number of likely N-dealkylation sites (tertiary alicyclic amines) is 1. The van der Waals surface area contributed by atoms with Gasteiger partial charge in [-0.2, -0.15) is 0 Å². The van der Waals surface area contributed by atoms with Crippen LogP contribution in [0.2, 0.25) is 0 Å². The first-order chi connectivity index (χ1) is 13.9. The Morgan fingerprint density at radius 1 is 1.14 bits per heavy atom. The van der Waals surface area contributed by atoms with Gasteiger partial charge in [0.1, 0.15) is 5.82 Å². The SMILES string of the molecule is CC(=O)N1CC[C@@H](c2ncc3c(n2)CCN(C(=O)[C@@H](C)c2ccc(C)cc2)C3)C1. The first-order valence-corrected chi connectivity index (χ1v) is 10.4. The van der Waals surface area contributed by atoms with Crippen LogP contribution in [0, 0.1) is 6.92 Å². The minimum Gasteiger partial charge on any atom is -0.342 e. The molecule has 3 heterocycles. The predicted molar refractivity (Wildman–Crippen MR) is 110 cm³/mol. The van der Waals surface area contributed by atoms with Crippen LogP contribution in [-0.2, 0) is 22.6 Å². The van der Waals surface area contributed by atoms with Crippen LogP contribution in [-0.4, -0.2) is 51.2 Å². The highest BCUT2D eigenvalue weighted by Gasteiger charge is 2.30. The van der Waals surface area contributed by atoms with Gasteiger partial charge in [-0.1, -0.05) is 29.8 Å². The van der Waals surface area contributed by atoms with E-state index in [1.54, 1.807) is 6.92 Å². The molecule has 6 heteroatoms. The molecule has 1 saturated heterocycles. The second kappa shape index (κ2) is 7.93. The van der Waals surface area contributed by atoms with Crippen LogP contribution < -0.4 is 0 Å². The van der Waals surface area contributed by atoms with E-state index < -0.39 is 0 Å². The molecule has 1 aromatic heterocycles. The third-order valence-electron chi connectivity index (χ3n) is 6.21. The van der Waals surface area contributed by atoms with Gasteiger partial charge in [0.05, 0.1) is 11.6 Å². The molecule has 6 nitrogen and oxygen atoms in total. The van der Waals surface area contributed by atoms with E-state index in [9.17, 15) is 9.59 Å². The molecule has 152 valence electrons. The lowest BCUT2D eigenvalue weighted by molar-refractivity contribution is -0.133. The molecule has 29 heavy (non-hydrogen) atoms. The Morgan fingerprint density at radius 3 is 2.59 bits per heavy atom. The zero-order valence-corrected chi connectivity index (χ0v) is 17.4. The van der Waals surface area contributed by atoms with E-state index in [-0.39, 0.29) is 23.7 Å². The van der Waals surface area contributed by atoms with Gasteiger partial charge in [0, 0.05) is 57.2 Å². The zero-order chi connectivity index (χ0) is 20.5. The monoisotopic (exact) mass is 392 g/mol. The van der Waals surface area contributed by atoms with E-state index in [0.29, 0.717) is 19.6 Å². The van der Waals surface area contributed by atoms with Crippen molar-refractivity contribution in [3.8, 4) is 0 Å². The lowest BCUT2D eigenvalue weighted by atomic mass is 9.97. The second-order valence-corrected chi connectivity index (χ2v) is 8.29. The molecule has 2 aromatic rings. The van der Waals surface area contributed by atoms with Gasteiger partial charge in [-0.15, -0.1) is 0 Å². The molecular formula is C23H28N4O2. The number of benzene rings is 1. The number of rotatable bonds is 3. The van der Waals surface area contributed by atoms with Crippen molar-refractivity contribution in [1.82, 2.24) is 19.8 Å². The minimum atomic E-state index is -0.159. The van der Waals surface area contributed by atoms with Gasteiger partial charge >= 0.3 is 0 Å². The molecule has 0 spiro atoms. The van der Waals surface area contributed by atoms with E-state index >= 15 is 0 Å². The molecule has 2 amide bonds. The topological polar surface area (TPSA) is 66.4 Å². The maximum Gasteiger partial charge on any atom is 0.230 e. The summed E-state index contributed by atoms with van der Waals surface area (Å²) < 4.78 is 0. The Hall–Kier alpha value is -2.76. The van der Waals surface area contributed by atoms with Crippen molar-refractivity contribution in [2.75, 3.05) is 19.6 Å². The average Bonchev–Trinajstić information content (AvgIpc) is 3.23. The summed E-state index contributed by atoms with van der Waals surface area (Å²) in [5, 5.41) is 0. The highest BCUT2D eigenvalue weighted by Crippen LogP contribution is 2.27. The molecule has 0 unspecified atom stereocenters. The predicted octanol–water partition coefficient (Wildman–Crippen LogP) is 2.81. The third kappa shape index (κ3) is 4.02. The van der Waals surface area contributed by atoms with Crippen molar-refractivity contribution in [3.63, 3.8) is 0 Å². The number of aryl methyl sites for hydroxylation is 1. The maximum absolute atomic E-state index is 13.0. The summed E-state index contributed by atoms with van der Waals surface area (Å²) in [7, 11) is 0. The lowest BCUT2D eigenvalue weighted by Gasteiger charge is -2.30. The molecule has 0 N–H and O–H groups in total. The van der Waals surface area contributed by atoms with E-state index in [4.69, 9.17) is 4.98 Å². The maximum atomic E-state index is 13.0. The summed E-state index contributed by atoms with van der Waals surface area (Å²) in [4.78, 5) is 37.8. The highest BCUT2D eigenvalue weighted by molar-refractivity contribution is 5.83. The van der Waals surface area contributed by atoms with Crippen LogP contribution in [0.4, 0.5) is 0 Å². The van der Waals surface area contributed by atoms with Gasteiger partial charge in [-0.05, 0) is 25.8 Å². The Labute approximate surface area is 172 Å². The van der Waals surface area contributed by atoms with Crippen LogP contribution in [0.5, 0.6) is 0 Å². The number of aromatic nitrogens is 2. The molecule has 2 atom stereocenters. The summed E-state index contributed by atoms with van der Waals surface area (Å²) in [5.41, 5.74) is 4.32. The number of carbonyl (C=O) groups is 2. The number of hydrogen-bond donors (Lipinski definition) is 0. The van der Waals surface area contributed by atoms with Gasteiger partial charge in [0.2, 0.25) is 11.8 Å². The number of amides is 2. The Balaban J connectivity index is 1.44. The highest BCUT2D eigenvalue weighted by atomic mass is 16.2. The van der Waals surface area contributed by atoms with Crippen molar-refractivity contribution in [1.29, 1.82) is 0 Å². The van der Waals surface area contributed by atoms with Gasteiger partial charge in [0.15, 0.2) is 0 Å². The Morgan fingerprint density at radius 2 is 1.90 bits per heavy atom. The molecular weight excluding hydrogens is 364 g/mol. The van der Waals surface area contributed by atoms with Crippen molar-refractivity contribution in [2.45, 2.75) is 52.0 Å². The smallest absolute Gasteiger partial charge is 0.230 e. The molecule has 2 aliphatic rings. The van der Waals surface area contributed by atoms with Crippen molar-refractivity contribution in [2.24, 2.45) is 0 Å². The largest absolute Gasteiger partial charge is 0.342 e. The van der Waals surface area contributed by atoms with Crippen molar-refractivity contribution < 1.29 is 9.59 Å². The Kier molecular flexibility index (Phi) is 5.35. The third-order valence-corrected chi connectivity index (χ3v) is 6.21. The first-order valence-electron chi connectivity index (χ1n) is 10.4. The molecule has 4 rings (SSSR count). The summed E-state index contributed by atoms with van der Waals surface area (Å²) in [5.74, 6) is 1.15. The van der Waals surface area contributed by atoms with E-state index in [1.165, 1.54) is 5.56 Å². The number of fused-ring (bicyclic) bond motifs is 1. The number of hydrogen-bond acceptors (Lipinski definition) is 4. The average molecular weight is 393 g/mol. The van der Waals surface area contributed by atoms with Gasteiger partial charge in [-0.3, -0.25) is 9.59 Å². The fourth-order valence-electron chi connectivity index (χ4n) is 4.24. The Bertz CT molecular complexity index is 925. The van der Waals surface area contributed by atoms with Crippen LogP contribution in [0.1, 0.15) is 60.3 Å². The number of nitrogens with zero attached hydrogens (tertiary/aromatic N) is 4. The van der Waals surface area contributed by atoms with Gasteiger partial charge < -0.3 is 9.80 Å². The molecule has 0 saturated carbocycles. The molecule has 0 radical (unpaired) electrons. The van der Waals surface area contributed by atoms with E-state index in [2.05, 4.69) is 24.0 Å². The van der Waals surface area contributed by atoms with Crippen LogP contribution in [0.3, 0.4) is 0 Å². The minimum absolute atomic E-state index is 0.113. The first kappa shape index (κ1) is 19.6. The normalized spacial score (nSPS) is 19.8. The van der Waals surface area contributed by atoms with Gasteiger partial charge in [0.25, 0.3) is 0 Å². The second-order valence-electron chi connectivity index (χ2n) is 8.29. The summed E-state index contributed by atoms with van der Waals surface area (Å²) in [6.07, 6.45) is 3.54. The van der Waals surface area contributed by atoms with Crippen molar-refractivity contribution >= 4 is 11.8 Å². The van der Waals surface area contributed by atoms with Crippen LogP contribution >= 0.6 is 0 Å². The molecule has 0 aliphatic carbocycles. The van der Waals surface area contributed by atoms with Crippen molar-refractivity contribution in [3.05, 3.63) is 58.7 Å². The van der Waals surface area contributed by atoms with Gasteiger partial charge in [-0.25, -0.2) is 9.97 Å². The number of carbonyl (C=O) groups excluding carboxylic acids is 2. The fourth-order valence-corrected chi connectivity index (χ4v) is 4.24. The van der Waals surface area contributed by atoms with E-state index in [1.807, 2.05) is 35.1 Å². The molecule has 2 aliphatic heterocycles. The fraction of sp³-hybridized carbons (Fsp3) is 0.478. The molecule has 0 bridgehead atoms. The zero-order valence-electron chi connectivity index (χ0n) is 17.4. The van der Waals surface area contributed by atoms with Crippen LogP contribution in [0.25, 0.3) is 0 Å². The molecule has 1 aromatic carbocycles. The van der Waals surface area contributed by atoms with Crippen LogP contribution in [0.15, 0.2) is 30.5 Å². The summed E-state index contributed by atoms with van der Waals surface area (Å²) >= 11 is 0. The lowest BCUT2D eigenvalue weighted by Crippen LogP contribution is -2.39. The standard InChI is InChI=1S/C23H28N4O2/c1-15-4-6-18(7-5-15)16(2)23(29)27-11-9-21-20(14-27)12-24-22(25-21)19-8-10-26(13-19)17(3)28/h4-7,12,16,19H,8-11,13-14H2,1-3H3/t16-,19+/m0/s1. The van der Waals surface area contributed by atoms with E-state index in [0.717, 1.165) is 42.0 Å². The molecule has 1 fully saturated rings.